The molecule has 0 bridgehead atoms. The molecule has 3 heterocycles. The normalized spacial score (nSPS) is 14.8. The summed E-state index contributed by atoms with van der Waals surface area (Å²) in [5, 5.41) is 18.6. The van der Waals surface area contributed by atoms with E-state index >= 15 is 0 Å². The van der Waals surface area contributed by atoms with Gasteiger partial charge in [0.2, 0.25) is 0 Å². The number of ether oxygens (including phenoxy) is 2. The van der Waals surface area contributed by atoms with E-state index in [9.17, 15) is 0 Å². The van der Waals surface area contributed by atoms with Crippen LogP contribution in [0.5, 0.6) is 5.75 Å². The van der Waals surface area contributed by atoms with E-state index in [4.69, 9.17) is 14.5 Å². The van der Waals surface area contributed by atoms with Gasteiger partial charge in [-0.25, -0.2) is 4.98 Å². The first-order valence-electron chi connectivity index (χ1n) is 11.0. The predicted octanol–water partition coefficient (Wildman–Crippen LogP) is 4.01. The number of aromatic nitrogens is 5. The zero-order valence-electron chi connectivity index (χ0n) is 18.3. The highest BCUT2D eigenvalue weighted by Crippen LogP contribution is 2.32. The SMILES string of the molecule is COc1ccc2cc(-c3n[nH]c4ccc(-c5n[nH]c(CN6CCOCC6)n5)cc34)ccc2c1. The molecule has 0 unspecified atom stereocenters. The Kier molecular flexibility index (Phi) is 5.01. The Labute approximate surface area is 190 Å². The topological polar surface area (TPSA) is 92.0 Å². The average Bonchev–Trinajstić information content (AvgIpc) is 3.51. The Morgan fingerprint density at radius 1 is 0.909 bits per heavy atom. The first-order chi connectivity index (χ1) is 16.3. The summed E-state index contributed by atoms with van der Waals surface area (Å²) < 4.78 is 10.8. The van der Waals surface area contributed by atoms with E-state index in [-0.39, 0.29) is 0 Å². The number of benzene rings is 3. The molecule has 8 nitrogen and oxygen atoms in total. The van der Waals surface area contributed by atoms with Crippen molar-refractivity contribution in [2.24, 2.45) is 0 Å². The fourth-order valence-corrected chi connectivity index (χ4v) is 4.34. The summed E-state index contributed by atoms with van der Waals surface area (Å²) in [5.41, 5.74) is 3.90. The molecule has 1 aliphatic heterocycles. The second-order valence-corrected chi connectivity index (χ2v) is 8.25. The van der Waals surface area contributed by atoms with Gasteiger partial charge in [-0.15, -0.1) is 0 Å². The van der Waals surface area contributed by atoms with Gasteiger partial charge in [0, 0.05) is 29.6 Å². The van der Waals surface area contributed by atoms with Crippen LogP contribution < -0.4 is 4.74 Å². The molecule has 0 amide bonds. The van der Waals surface area contributed by atoms with Crippen molar-refractivity contribution in [2.45, 2.75) is 6.54 Å². The number of fused-ring (bicyclic) bond motifs is 2. The van der Waals surface area contributed by atoms with Crippen molar-refractivity contribution in [3.05, 3.63) is 60.4 Å². The first-order valence-corrected chi connectivity index (χ1v) is 11.0. The molecule has 2 aromatic heterocycles. The first kappa shape index (κ1) is 19.9. The van der Waals surface area contributed by atoms with Crippen molar-refractivity contribution in [3.8, 4) is 28.4 Å². The number of nitrogens with one attached hydrogen (secondary N) is 2. The standard InChI is InChI=1S/C25H24N6O2/c1-32-20-6-4-16-12-18(3-2-17(16)13-20)24-21-14-19(5-7-22(21)27-29-24)25-26-23(28-30-25)15-31-8-10-33-11-9-31/h2-7,12-14H,8-11,15H2,1H3,(H,27,29)(H,26,28,30). The molecule has 1 saturated heterocycles. The summed E-state index contributed by atoms with van der Waals surface area (Å²) in [5.74, 6) is 2.41. The highest BCUT2D eigenvalue weighted by atomic mass is 16.5. The van der Waals surface area contributed by atoms with Crippen LogP contribution in [0.4, 0.5) is 0 Å². The van der Waals surface area contributed by atoms with Gasteiger partial charge in [0.1, 0.15) is 11.6 Å². The Hall–Kier alpha value is -3.75. The molecule has 0 spiro atoms. The summed E-state index contributed by atoms with van der Waals surface area (Å²) in [7, 11) is 1.68. The highest BCUT2D eigenvalue weighted by Gasteiger charge is 2.15. The Morgan fingerprint density at radius 2 is 1.73 bits per heavy atom. The highest BCUT2D eigenvalue weighted by molar-refractivity contribution is 5.97. The van der Waals surface area contributed by atoms with Crippen molar-refractivity contribution in [1.29, 1.82) is 0 Å². The summed E-state index contributed by atoms with van der Waals surface area (Å²) in [6, 6.07) is 18.6. The van der Waals surface area contributed by atoms with Crippen LogP contribution in [0, 0.1) is 0 Å². The van der Waals surface area contributed by atoms with Gasteiger partial charge in [-0.1, -0.05) is 18.2 Å². The van der Waals surface area contributed by atoms with Crippen molar-refractivity contribution < 1.29 is 9.47 Å². The summed E-state index contributed by atoms with van der Waals surface area (Å²) in [6.07, 6.45) is 0. The van der Waals surface area contributed by atoms with Gasteiger partial charge in [0.15, 0.2) is 5.82 Å². The fourth-order valence-electron chi connectivity index (χ4n) is 4.34. The maximum atomic E-state index is 5.42. The minimum atomic E-state index is 0.693. The van der Waals surface area contributed by atoms with Crippen LogP contribution in [-0.2, 0) is 11.3 Å². The molecule has 0 atom stereocenters. The molecule has 0 aliphatic carbocycles. The monoisotopic (exact) mass is 440 g/mol. The van der Waals surface area contributed by atoms with Crippen molar-refractivity contribution in [1.82, 2.24) is 30.3 Å². The molecule has 2 N–H and O–H groups in total. The van der Waals surface area contributed by atoms with E-state index < -0.39 is 0 Å². The van der Waals surface area contributed by atoms with Crippen LogP contribution in [0.15, 0.2) is 54.6 Å². The van der Waals surface area contributed by atoms with Crippen molar-refractivity contribution >= 4 is 21.7 Å². The van der Waals surface area contributed by atoms with Crippen molar-refractivity contribution in [3.63, 3.8) is 0 Å². The second-order valence-electron chi connectivity index (χ2n) is 8.25. The van der Waals surface area contributed by atoms with Crippen LogP contribution >= 0.6 is 0 Å². The van der Waals surface area contributed by atoms with E-state index in [1.807, 2.05) is 24.3 Å². The lowest BCUT2D eigenvalue weighted by molar-refractivity contribution is 0.0331. The maximum absolute atomic E-state index is 5.42. The van der Waals surface area contributed by atoms with Crippen molar-refractivity contribution in [2.75, 3.05) is 33.4 Å². The number of H-pyrrole nitrogens is 2. The van der Waals surface area contributed by atoms with Gasteiger partial charge in [-0.2, -0.15) is 10.2 Å². The lowest BCUT2D eigenvalue weighted by atomic mass is 10.0. The molecular weight excluding hydrogens is 416 g/mol. The molecule has 8 heteroatoms. The lowest BCUT2D eigenvalue weighted by Gasteiger charge is -2.25. The fraction of sp³-hybridized carbons (Fsp3) is 0.240. The predicted molar refractivity (Wildman–Crippen MR) is 127 cm³/mol. The van der Waals surface area contributed by atoms with Gasteiger partial charge < -0.3 is 9.47 Å². The summed E-state index contributed by atoms with van der Waals surface area (Å²) in [6.45, 7) is 4.11. The number of nitrogens with zero attached hydrogens (tertiary/aromatic N) is 4. The maximum Gasteiger partial charge on any atom is 0.181 e. The number of hydrogen-bond donors (Lipinski definition) is 2. The Bertz CT molecular complexity index is 1430. The third-order valence-electron chi connectivity index (χ3n) is 6.15. The van der Waals surface area contributed by atoms with E-state index in [0.29, 0.717) is 5.82 Å². The third-order valence-corrected chi connectivity index (χ3v) is 6.15. The zero-order valence-corrected chi connectivity index (χ0v) is 18.3. The Balaban J connectivity index is 1.32. The van der Waals surface area contributed by atoms with E-state index in [1.54, 1.807) is 7.11 Å². The van der Waals surface area contributed by atoms with Crippen LogP contribution in [0.1, 0.15) is 5.82 Å². The van der Waals surface area contributed by atoms with Crippen LogP contribution in [-0.4, -0.2) is 63.7 Å². The molecule has 3 aromatic carbocycles. The quantitative estimate of drug-likeness (QED) is 0.429. The van der Waals surface area contributed by atoms with Crippen LogP contribution in [0.2, 0.25) is 0 Å². The summed E-state index contributed by atoms with van der Waals surface area (Å²) >= 11 is 0. The molecule has 0 saturated carbocycles. The Morgan fingerprint density at radius 3 is 2.61 bits per heavy atom. The molecule has 1 aliphatic rings. The lowest BCUT2D eigenvalue weighted by Crippen LogP contribution is -2.35. The van der Waals surface area contributed by atoms with Crippen LogP contribution in [0.25, 0.3) is 44.3 Å². The van der Waals surface area contributed by atoms with Gasteiger partial charge in [0.05, 0.1) is 38.1 Å². The number of methoxy groups -OCH3 is 1. The number of hydrogen-bond acceptors (Lipinski definition) is 6. The average molecular weight is 441 g/mol. The van der Waals surface area contributed by atoms with E-state index in [0.717, 1.165) is 82.9 Å². The van der Waals surface area contributed by atoms with Gasteiger partial charge in [-0.3, -0.25) is 15.1 Å². The molecule has 5 aromatic rings. The zero-order chi connectivity index (χ0) is 22.2. The minimum absolute atomic E-state index is 0.693. The molecule has 1 fully saturated rings. The molecule has 33 heavy (non-hydrogen) atoms. The van der Waals surface area contributed by atoms with Gasteiger partial charge in [0.25, 0.3) is 0 Å². The molecular formula is C25H24N6O2. The van der Waals surface area contributed by atoms with Crippen LogP contribution in [0.3, 0.4) is 0 Å². The third kappa shape index (κ3) is 3.83. The number of rotatable bonds is 5. The van der Waals surface area contributed by atoms with Gasteiger partial charge in [-0.05, 0) is 47.2 Å². The number of morpholine rings is 1. The largest absolute Gasteiger partial charge is 0.497 e. The number of aromatic amines is 2. The minimum Gasteiger partial charge on any atom is -0.497 e. The molecule has 0 radical (unpaired) electrons. The smallest absolute Gasteiger partial charge is 0.181 e. The second kappa shape index (κ2) is 8.31. The summed E-state index contributed by atoms with van der Waals surface area (Å²) in [4.78, 5) is 7.05. The van der Waals surface area contributed by atoms with E-state index in [1.165, 1.54) is 0 Å². The molecule has 166 valence electrons. The molecule has 6 rings (SSSR count). The van der Waals surface area contributed by atoms with Gasteiger partial charge >= 0.3 is 0 Å². The van der Waals surface area contributed by atoms with E-state index in [2.05, 4.69) is 55.6 Å².